The Kier molecular flexibility index (Phi) is 6.27. The van der Waals surface area contributed by atoms with E-state index < -0.39 is 0 Å². The van der Waals surface area contributed by atoms with E-state index in [2.05, 4.69) is 19.3 Å². The lowest BCUT2D eigenvalue weighted by molar-refractivity contribution is 0.00414. The Hall–Kier alpha value is -0.160. The molecule has 0 aliphatic heterocycles. The molecule has 2 atom stereocenters. The third-order valence-electron chi connectivity index (χ3n) is 2.76. The van der Waals surface area contributed by atoms with Gasteiger partial charge >= 0.3 is 0 Å². The number of nitrogens with two attached hydrogens (primary N) is 1. The van der Waals surface area contributed by atoms with Gasteiger partial charge in [-0.15, -0.1) is 0 Å². The first-order chi connectivity index (χ1) is 6.46. The van der Waals surface area contributed by atoms with Crippen LogP contribution in [0.5, 0.6) is 0 Å². The van der Waals surface area contributed by atoms with Gasteiger partial charge in [0.15, 0.2) is 0 Å². The van der Waals surface area contributed by atoms with Crippen LogP contribution < -0.4 is 11.3 Å². The van der Waals surface area contributed by atoms with Crippen molar-refractivity contribution in [2.75, 3.05) is 14.2 Å². The third-order valence-corrected chi connectivity index (χ3v) is 2.76. The lowest BCUT2D eigenvalue weighted by Crippen LogP contribution is -2.44. The number of ether oxygens (including phenoxy) is 2. The van der Waals surface area contributed by atoms with Crippen LogP contribution in [0.25, 0.3) is 0 Å². The molecule has 0 bridgehead atoms. The minimum Gasteiger partial charge on any atom is -0.380 e. The Balaban J connectivity index is 3.95. The van der Waals surface area contributed by atoms with Crippen LogP contribution in [0.15, 0.2) is 0 Å². The quantitative estimate of drug-likeness (QED) is 0.481. The van der Waals surface area contributed by atoms with E-state index in [-0.39, 0.29) is 17.7 Å². The van der Waals surface area contributed by atoms with Gasteiger partial charge in [0.2, 0.25) is 0 Å². The summed E-state index contributed by atoms with van der Waals surface area (Å²) in [6.45, 7) is 6.14. The molecule has 0 aromatic carbocycles. The summed E-state index contributed by atoms with van der Waals surface area (Å²) < 4.78 is 10.6. The van der Waals surface area contributed by atoms with Crippen molar-refractivity contribution in [3.8, 4) is 0 Å². The predicted octanol–water partition coefficient (Wildman–Crippen LogP) is 1.06. The zero-order chi connectivity index (χ0) is 11.2. The Morgan fingerprint density at radius 3 is 2.29 bits per heavy atom. The molecule has 0 aromatic rings. The van der Waals surface area contributed by atoms with Crippen LogP contribution in [-0.2, 0) is 9.47 Å². The molecule has 0 heterocycles. The van der Waals surface area contributed by atoms with Crippen LogP contribution in [0, 0.1) is 0 Å². The molecule has 0 saturated carbocycles. The number of methoxy groups -OCH3 is 2. The topological polar surface area (TPSA) is 56.5 Å². The van der Waals surface area contributed by atoms with Gasteiger partial charge in [0, 0.05) is 20.3 Å². The SMILES string of the molecule is COC(C)C(CCC(C)(C)OC)NN. The van der Waals surface area contributed by atoms with Gasteiger partial charge in [0.1, 0.15) is 0 Å². The summed E-state index contributed by atoms with van der Waals surface area (Å²) in [5.41, 5.74) is 2.67. The fourth-order valence-corrected chi connectivity index (χ4v) is 1.22. The standard InChI is InChI=1S/C10H24N2O2/c1-8(13-4)9(12-11)6-7-10(2,3)14-5/h8-9,12H,6-7,11H2,1-5H3. The van der Waals surface area contributed by atoms with Gasteiger partial charge in [-0.2, -0.15) is 0 Å². The maximum absolute atomic E-state index is 5.45. The fourth-order valence-electron chi connectivity index (χ4n) is 1.22. The highest BCUT2D eigenvalue weighted by atomic mass is 16.5. The molecule has 14 heavy (non-hydrogen) atoms. The van der Waals surface area contributed by atoms with Gasteiger partial charge < -0.3 is 9.47 Å². The van der Waals surface area contributed by atoms with Crippen LogP contribution in [0.2, 0.25) is 0 Å². The summed E-state index contributed by atoms with van der Waals surface area (Å²) in [7, 11) is 3.42. The first-order valence-corrected chi connectivity index (χ1v) is 5.01. The van der Waals surface area contributed by atoms with Crippen molar-refractivity contribution in [2.45, 2.75) is 51.4 Å². The van der Waals surface area contributed by atoms with Crippen LogP contribution in [0.1, 0.15) is 33.6 Å². The van der Waals surface area contributed by atoms with Gasteiger partial charge in [0.05, 0.1) is 11.7 Å². The minimum absolute atomic E-state index is 0.0947. The number of hydrogen-bond acceptors (Lipinski definition) is 4. The smallest absolute Gasteiger partial charge is 0.0709 e. The van der Waals surface area contributed by atoms with Crippen molar-refractivity contribution in [1.82, 2.24) is 5.43 Å². The fraction of sp³-hybridized carbons (Fsp3) is 1.00. The van der Waals surface area contributed by atoms with E-state index in [1.165, 1.54) is 0 Å². The van der Waals surface area contributed by atoms with Gasteiger partial charge in [-0.3, -0.25) is 11.3 Å². The molecule has 0 aromatic heterocycles. The first-order valence-electron chi connectivity index (χ1n) is 5.01. The van der Waals surface area contributed by atoms with E-state index in [9.17, 15) is 0 Å². The molecule has 0 spiro atoms. The second-order valence-electron chi connectivity index (χ2n) is 4.22. The van der Waals surface area contributed by atoms with E-state index in [1.54, 1.807) is 14.2 Å². The van der Waals surface area contributed by atoms with Crippen LogP contribution >= 0.6 is 0 Å². The van der Waals surface area contributed by atoms with E-state index >= 15 is 0 Å². The summed E-state index contributed by atoms with van der Waals surface area (Å²) in [6.07, 6.45) is 2.01. The maximum atomic E-state index is 5.45. The molecule has 0 aliphatic carbocycles. The van der Waals surface area contributed by atoms with Gasteiger partial charge in [-0.25, -0.2) is 0 Å². The molecule has 4 nitrogen and oxygen atoms in total. The molecule has 2 unspecified atom stereocenters. The van der Waals surface area contributed by atoms with Crippen molar-refractivity contribution in [3.63, 3.8) is 0 Å². The lowest BCUT2D eigenvalue weighted by atomic mass is 9.97. The Morgan fingerprint density at radius 2 is 1.93 bits per heavy atom. The molecule has 0 rings (SSSR count). The first kappa shape index (κ1) is 13.8. The van der Waals surface area contributed by atoms with E-state index in [1.807, 2.05) is 6.92 Å². The van der Waals surface area contributed by atoms with Crippen LogP contribution in [-0.4, -0.2) is 32.0 Å². The number of nitrogens with one attached hydrogen (secondary N) is 1. The lowest BCUT2D eigenvalue weighted by Gasteiger charge is -2.27. The summed E-state index contributed by atoms with van der Waals surface area (Å²) in [6, 6.07) is 0.175. The molecular weight excluding hydrogens is 180 g/mol. The monoisotopic (exact) mass is 204 g/mol. The van der Waals surface area contributed by atoms with E-state index in [0.717, 1.165) is 12.8 Å². The predicted molar refractivity (Wildman–Crippen MR) is 57.9 cm³/mol. The second-order valence-corrected chi connectivity index (χ2v) is 4.22. The normalized spacial score (nSPS) is 16.7. The zero-order valence-electron chi connectivity index (χ0n) is 9.96. The molecule has 4 heteroatoms. The number of hydrogen-bond donors (Lipinski definition) is 2. The average molecular weight is 204 g/mol. The largest absolute Gasteiger partial charge is 0.380 e. The number of hydrazine groups is 1. The van der Waals surface area contributed by atoms with E-state index in [0.29, 0.717) is 0 Å². The minimum atomic E-state index is -0.0947. The van der Waals surface area contributed by atoms with Crippen molar-refractivity contribution < 1.29 is 9.47 Å². The molecule has 3 N–H and O–H groups in total. The Labute approximate surface area is 87.1 Å². The summed E-state index contributed by atoms with van der Waals surface area (Å²) in [4.78, 5) is 0. The van der Waals surface area contributed by atoms with Gasteiger partial charge in [0.25, 0.3) is 0 Å². The summed E-state index contributed by atoms with van der Waals surface area (Å²) >= 11 is 0. The molecule has 0 fully saturated rings. The molecular formula is C10H24N2O2. The Morgan fingerprint density at radius 1 is 1.36 bits per heavy atom. The summed E-state index contributed by atoms with van der Waals surface area (Å²) in [5.74, 6) is 5.45. The summed E-state index contributed by atoms with van der Waals surface area (Å²) in [5, 5.41) is 0. The van der Waals surface area contributed by atoms with Gasteiger partial charge in [-0.1, -0.05) is 0 Å². The molecule has 0 aliphatic rings. The molecule has 86 valence electrons. The molecule has 0 saturated heterocycles. The van der Waals surface area contributed by atoms with Gasteiger partial charge in [-0.05, 0) is 33.6 Å². The Bertz CT molecular complexity index is 151. The third kappa shape index (κ3) is 4.91. The van der Waals surface area contributed by atoms with Crippen molar-refractivity contribution in [2.24, 2.45) is 5.84 Å². The van der Waals surface area contributed by atoms with Crippen molar-refractivity contribution in [1.29, 1.82) is 0 Å². The molecule has 0 radical (unpaired) electrons. The van der Waals surface area contributed by atoms with Crippen LogP contribution in [0.3, 0.4) is 0 Å². The van der Waals surface area contributed by atoms with Crippen molar-refractivity contribution in [3.05, 3.63) is 0 Å². The highest BCUT2D eigenvalue weighted by molar-refractivity contribution is 4.76. The van der Waals surface area contributed by atoms with E-state index in [4.69, 9.17) is 15.3 Å². The maximum Gasteiger partial charge on any atom is 0.0709 e. The highest BCUT2D eigenvalue weighted by Crippen LogP contribution is 2.18. The number of rotatable bonds is 7. The zero-order valence-corrected chi connectivity index (χ0v) is 9.96. The van der Waals surface area contributed by atoms with Crippen molar-refractivity contribution >= 4 is 0 Å². The molecule has 0 amide bonds. The second kappa shape index (κ2) is 6.35. The highest BCUT2D eigenvalue weighted by Gasteiger charge is 2.21. The average Bonchev–Trinajstić information content (AvgIpc) is 2.18. The van der Waals surface area contributed by atoms with Crippen LogP contribution in [0.4, 0.5) is 0 Å².